The average molecular weight is 326 g/mol. The molecule has 0 bridgehead atoms. The maximum absolute atomic E-state index is 11.6. The Morgan fingerprint density at radius 3 is 2.21 bits per heavy atom. The van der Waals surface area contributed by atoms with Crippen LogP contribution in [0.25, 0.3) is 12.2 Å². The second-order valence-electron chi connectivity index (χ2n) is 5.34. The van der Waals surface area contributed by atoms with Crippen molar-refractivity contribution in [2.75, 3.05) is 26.1 Å². The van der Waals surface area contributed by atoms with Gasteiger partial charge in [-0.2, -0.15) is 0 Å². The van der Waals surface area contributed by atoms with Gasteiger partial charge in [-0.25, -0.2) is 4.79 Å². The minimum absolute atomic E-state index is 0.0602. The molecule has 0 saturated carbocycles. The van der Waals surface area contributed by atoms with Gasteiger partial charge in [-0.1, -0.05) is 30.4 Å². The predicted octanol–water partition coefficient (Wildman–Crippen LogP) is 3.62. The van der Waals surface area contributed by atoms with E-state index in [1.165, 1.54) is 19.2 Å². The van der Waals surface area contributed by atoms with Crippen LogP contribution in [-0.2, 0) is 4.74 Å². The Morgan fingerprint density at radius 1 is 1.08 bits per heavy atom. The van der Waals surface area contributed by atoms with Crippen molar-refractivity contribution < 1.29 is 14.5 Å². The summed E-state index contributed by atoms with van der Waals surface area (Å²) < 4.78 is 4.56. The molecule has 6 nitrogen and oxygen atoms in total. The van der Waals surface area contributed by atoms with Crippen molar-refractivity contribution in [1.29, 1.82) is 0 Å². The number of nitrogens with zero attached hydrogens (tertiary/aromatic N) is 2. The molecular weight excluding hydrogens is 308 g/mol. The van der Waals surface area contributed by atoms with Crippen LogP contribution in [0, 0.1) is 10.1 Å². The molecule has 24 heavy (non-hydrogen) atoms. The second kappa shape index (κ2) is 7.41. The van der Waals surface area contributed by atoms with Crippen molar-refractivity contribution in [3.63, 3.8) is 0 Å². The van der Waals surface area contributed by atoms with Crippen molar-refractivity contribution in [2.24, 2.45) is 0 Å². The predicted molar refractivity (Wildman–Crippen MR) is 94.1 cm³/mol. The number of carbonyl (C=O) groups excluding carboxylic acids is 1. The lowest BCUT2D eigenvalue weighted by Gasteiger charge is -2.11. The summed E-state index contributed by atoms with van der Waals surface area (Å²) >= 11 is 0. The second-order valence-corrected chi connectivity index (χ2v) is 5.34. The first-order valence-electron chi connectivity index (χ1n) is 7.24. The Balaban J connectivity index is 2.27. The average Bonchev–Trinajstić information content (AvgIpc) is 2.59. The summed E-state index contributed by atoms with van der Waals surface area (Å²) in [5.74, 6) is -0.725. The van der Waals surface area contributed by atoms with E-state index in [0.717, 1.165) is 11.3 Å². The molecule has 6 heteroatoms. The van der Waals surface area contributed by atoms with Crippen LogP contribution in [0.3, 0.4) is 0 Å². The zero-order valence-electron chi connectivity index (χ0n) is 13.7. The fourth-order valence-electron chi connectivity index (χ4n) is 2.16. The SMILES string of the molecule is COC(=O)c1ccc(C=Cc2ccc(N(C)C)cc2)cc1[N+](=O)[O-]. The number of methoxy groups -OCH3 is 1. The molecule has 0 atom stereocenters. The Labute approximate surface area is 140 Å². The van der Waals surface area contributed by atoms with Crippen molar-refractivity contribution in [2.45, 2.75) is 0 Å². The minimum atomic E-state index is -0.725. The number of hydrogen-bond donors (Lipinski definition) is 0. The molecule has 0 aliphatic carbocycles. The number of benzene rings is 2. The van der Waals surface area contributed by atoms with Gasteiger partial charge < -0.3 is 9.64 Å². The molecule has 0 N–H and O–H groups in total. The first kappa shape index (κ1) is 17.2. The summed E-state index contributed by atoms with van der Waals surface area (Å²) in [6, 6.07) is 12.3. The van der Waals surface area contributed by atoms with Crippen molar-refractivity contribution in [3.8, 4) is 0 Å². The normalized spacial score (nSPS) is 10.6. The van der Waals surface area contributed by atoms with Crippen LogP contribution in [0.2, 0.25) is 0 Å². The first-order chi connectivity index (χ1) is 11.4. The molecule has 2 aromatic carbocycles. The minimum Gasteiger partial charge on any atom is -0.465 e. The van der Waals surface area contributed by atoms with Crippen LogP contribution in [0.4, 0.5) is 11.4 Å². The van der Waals surface area contributed by atoms with Crippen LogP contribution in [-0.4, -0.2) is 32.1 Å². The van der Waals surface area contributed by atoms with Crippen LogP contribution in [0.15, 0.2) is 42.5 Å². The Morgan fingerprint density at radius 2 is 1.67 bits per heavy atom. The van der Waals surface area contributed by atoms with Gasteiger partial charge in [-0.15, -0.1) is 0 Å². The molecule has 0 amide bonds. The van der Waals surface area contributed by atoms with E-state index in [1.54, 1.807) is 12.1 Å². The van der Waals surface area contributed by atoms with Gasteiger partial charge in [-0.05, 0) is 29.3 Å². The van der Waals surface area contributed by atoms with Gasteiger partial charge in [0.15, 0.2) is 0 Å². The van der Waals surface area contributed by atoms with E-state index >= 15 is 0 Å². The summed E-state index contributed by atoms with van der Waals surface area (Å²) in [5, 5.41) is 11.1. The quantitative estimate of drug-likeness (QED) is 0.363. The lowest BCUT2D eigenvalue weighted by Crippen LogP contribution is -2.07. The summed E-state index contributed by atoms with van der Waals surface area (Å²) in [7, 11) is 5.12. The van der Waals surface area contributed by atoms with Crippen molar-refractivity contribution in [3.05, 3.63) is 69.3 Å². The molecule has 2 rings (SSSR count). The molecule has 0 aliphatic rings. The third-order valence-corrected chi connectivity index (χ3v) is 3.50. The molecule has 0 heterocycles. The fourth-order valence-corrected chi connectivity index (χ4v) is 2.16. The molecule has 0 aromatic heterocycles. The van der Waals surface area contributed by atoms with E-state index in [1.807, 2.05) is 49.3 Å². The van der Waals surface area contributed by atoms with Crippen molar-refractivity contribution >= 4 is 29.5 Å². The van der Waals surface area contributed by atoms with Crippen LogP contribution in [0.5, 0.6) is 0 Å². The third kappa shape index (κ3) is 3.98. The van der Waals surface area contributed by atoms with Gasteiger partial charge in [-0.3, -0.25) is 10.1 Å². The highest BCUT2D eigenvalue weighted by Gasteiger charge is 2.20. The van der Waals surface area contributed by atoms with E-state index in [-0.39, 0.29) is 11.3 Å². The molecule has 0 fully saturated rings. The van der Waals surface area contributed by atoms with Gasteiger partial charge in [0.25, 0.3) is 5.69 Å². The molecule has 0 aliphatic heterocycles. The summed E-state index contributed by atoms with van der Waals surface area (Å²) in [6.07, 6.45) is 3.62. The highest BCUT2D eigenvalue weighted by Crippen LogP contribution is 2.23. The number of hydrogen-bond acceptors (Lipinski definition) is 5. The van der Waals surface area contributed by atoms with E-state index in [2.05, 4.69) is 4.74 Å². The molecular formula is C18H18N2O4. The number of rotatable bonds is 5. The highest BCUT2D eigenvalue weighted by molar-refractivity contribution is 5.94. The zero-order chi connectivity index (χ0) is 17.7. The van der Waals surface area contributed by atoms with Crippen molar-refractivity contribution in [1.82, 2.24) is 0 Å². The van der Waals surface area contributed by atoms with Crippen LogP contribution < -0.4 is 4.90 Å². The van der Waals surface area contributed by atoms with E-state index in [4.69, 9.17) is 0 Å². The van der Waals surface area contributed by atoms with Crippen LogP contribution in [0.1, 0.15) is 21.5 Å². The smallest absolute Gasteiger partial charge is 0.344 e. The molecule has 0 spiro atoms. The first-order valence-corrected chi connectivity index (χ1v) is 7.24. The number of nitro groups is 1. The number of nitro benzene ring substituents is 1. The Kier molecular flexibility index (Phi) is 5.31. The Hall–Kier alpha value is -3.15. The van der Waals surface area contributed by atoms with Gasteiger partial charge in [0, 0.05) is 25.8 Å². The maximum atomic E-state index is 11.6. The van der Waals surface area contributed by atoms with E-state index in [9.17, 15) is 14.9 Å². The Bertz CT molecular complexity index is 780. The number of ether oxygens (including phenoxy) is 1. The monoisotopic (exact) mass is 326 g/mol. The standard InChI is InChI=1S/C18H18N2O4/c1-19(2)15-9-6-13(7-10-15)4-5-14-8-11-16(18(21)24-3)17(12-14)20(22)23/h4-12H,1-3H3. The lowest BCUT2D eigenvalue weighted by molar-refractivity contribution is -0.385. The highest BCUT2D eigenvalue weighted by atomic mass is 16.6. The molecule has 0 unspecified atom stereocenters. The topological polar surface area (TPSA) is 72.7 Å². The summed E-state index contributed by atoms with van der Waals surface area (Å²) in [5.41, 5.74) is 2.36. The lowest BCUT2D eigenvalue weighted by atomic mass is 10.1. The van der Waals surface area contributed by atoms with Gasteiger partial charge in [0.05, 0.1) is 12.0 Å². The molecule has 0 radical (unpaired) electrons. The number of anilines is 1. The van der Waals surface area contributed by atoms with E-state index < -0.39 is 10.9 Å². The van der Waals surface area contributed by atoms with Crippen LogP contribution >= 0.6 is 0 Å². The largest absolute Gasteiger partial charge is 0.465 e. The number of carbonyl (C=O) groups is 1. The summed E-state index contributed by atoms with van der Waals surface area (Å²) in [4.78, 5) is 24.1. The molecule has 0 saturated heterocycles. The molecule has 2 aromatic rings. The third-order valence-electron chi connectivity index (χ3n) is 3.50. The number of esters is 1. The maximum Gasteiger partial charge on any atom is 0.344 e. The molecule has 124 valence electrons. The van der Waals surface area contributed by atoms with E-state index in [0.29, 0.717) is 5.56 Å². The fraction of sp³-hybridized carbons (Fsp3) is 0.167. The van der Waals surface area contributed by atoms with Gasteiger partial charge in [0.1, 0.15) is 5.56 Å². The summed E-state index contributed by atoms with van der Waals surface area (Å²) in [6.45, 7) is 0. The zero-order valence-corrected chi connectivity index (χ0v) is 13.7. The van der Waals surface area contributed by atoms with Gasteiger partial charge in [0.2, 0.25) is 0 Å². The van der Waals surface area contributed by atoms with Gasteiger partial charge >= 0.3 is 5.97 Å².